The summed E-state index contributed by atoms with van der Waals surface area (Å²) in [5.74, 6) is 1.86. The molecule has 17 heavy (non-hydrogen) atoms. The molecule has 2 aromatic heterocycles. The van der Waals surface area contributed by atoms with E-state index < -0.39 is 0 Å². The van der Waals surface area contributed by atoms with E-state index in [0.29, 0.717) is 0 Å². The summed E-state index contributed by atoms with van der Waals surface area (Å²) >= 11 is 0. The fourth-order valence-electron chi connectivity index (χ4n) is 1.73. The van der Waals surface area contributed by atoms with Crippen molar-refractivity contribution >= 4 is 5.69 Å². The number of nitrogens with zero attached hydrogens (tertiary/aromatic N) is 3. The second-order valence-electron chi connectivity index (χ2n) is 4.00. The molecule has 0 aliphatic heterocycles. The Labute approximate surface area is 102 Å². The van der Waals surface area contributed by atoms with Gasteiger partial charge in [0.1, 0.15) is 5.82 Å². The van der Waals surface area contributed by atoms with Gasteiger partial charge in [-0.25, -0.2) is 9.97 Å². The molecular formula is C13H18N4. The summed E-state index contributed by atoms with van der Waals surface area (Å²) < 4.78 is 1.99. The summed E-state index contributed by atoms with van der Waals surface area (Å²) in [5.41, 5.74) is 1.06. The summed E-state index contributed by atoms with van der Waals surface area (Å²) in [4.78, 5) is 8.65. The maximum atomic E-state index is 4.42. The highest BCUT2D eigenvalue weighted by molar-refractivity contribution is 5.56. The Kier molecular flexibility index (Phi) is 3.75. The standard InChI is InChI=1S/C13H18N4/c1-3-4-7-15-12-6-5-8-16-13(12)17-10-9-14-11(17)2/h5-6,8-10,15H,3-4,7H2,1-2H3. The molecule has 0 atom stereocenters. The molecule has 0 aliphatic rings. The lowest BCUT2D eigenvalue weighted by molar-refractivity contribution is 0.830. The zero-order chi connectivity index (χ0) is 12.1. The molecule has 2 rings (SSSR count). The number of rotatable bonds is 5. The Balaban J connectivity index is 2.25. The third-order valence-corrected chi connectivity index (χ3v) is 2.69. The van der Waals surface area contributed by atoms with Crippen molar-refractivity contribution in [3.05, 3.63) is 36.5 Å². The Bertz CT molecular complexity index is 476. The maximum Gasteiger partial charge on any atom is 0.161 e. The Hall–Kier alpha value is -1.84. The summed E-state index contributed by atoms with van der Waals surface area (Å²) in [6, 6.07) is 4.00. The normalized spacial score (nSPS) is 10.5. The van der Waals surface area contributed by atoms with Crippen LogP contribution in [-0.4, -0.2) is 21.1 Å². The van der Waals surface area contributed by atoms with Crippen LogP contribution in [0.25, 0.3) is 5.82 Å². The van der Waals surface area contributed by atoms with Crippen LogP contribution in [0.15, 0.2) is 30.7 Å². The van der Waals surface area contributed by atoms with Crippen LogP contribution in [0.3, 0.4) is 0 Å². The van der Waals surface area contributed by atoms with Crippen LogP contribution < -0.4 is 5.32 Å². The second-order valence-corrected chi connectivity index (χ2v) is 4.00. The quantitative estimate of drug-likeness (QED) is 0.803. The molecule has 0 fully saturated rings. The van der Waals surface area contributed by atoms with Gasteiger partial charge in [0.05, 0.1) is 5.69 Å². The number of hydrogen-bond acceptors (Lipinski definition) is 3. The minimum atomic E-state index is 0.915. The minimum Gasteiger partial charge on any atom is -0.382 e. The number of hydrogen-bond donors (Lipinski definition) is 1. The van der Waals surface area contributed by atoms with E-state index in [0.717, 1.165) is 30.3 Å². The number of aromatic nitrogens is 3. The first-order chi connectivity index (χ1) is 8.33. The van der Waals surface area contributed by atoms with Crippen molar-refractivity contribution in [2.45, 2.75) is 26.7 Å². The van der Waals surface area contributed by atoms with Crippen LogP contribution in [0, 0.1) is 6.92 Å². The topological polar surface area (TPSA) is 42.7 Å². The van der Waals surface area contributed by atoms with Crippen LogP contribution in [0.4, 0.5) is 5.69 Å². The predicted octanol–water partition coefficient (Wildman–Crippen LogP) is 2.79. The van der Waals surface area contributed by atoms with Crippen molar-refractivity contribution in [3.63, 3.8) is 0 Å². The van der Waals surface area contributed by atoms with Crippen molar-refractivity contribution in [2.24, 2.45) is 0 Å². The molecule has 0 saturated heterocycles. The molecule has 0 saturated carbocycles. The molecule has 4 heteroatoms. The van der Waals surface area contributed by atoms with Crippen LogP contribution in [0.2, 0.25) is 0 Å². The van der Waals surface area contributed by atoms with E-state index in [4.69, 9.17) is 0 Å². The SMILES string of the molecule is CCCCNc1cccnc1-n1ccnc1C. The van der Waals surface area contributed by atoms with Gasteiger partial charge in [-0.3, -0.25) is 4.57 Å². The zero-order valence-corrected chi connectivity index (χ0v) is 10.3. The number of unbranched alkanes of at least 4 members (excludes halogenated alkanes) is 1. The highest BCUT2D eigenvalue weighted by Gasteiger charge is 2.06. The lowest BCUT2D eigenvalue weighted by Gasteiger charge is -2.12. The van der Waals surface area contributed by atoms with Gasteiger partial charge in [-0.15, -0.1) is 0 Å². The molecular weight excluding hydrogens is 212 g/mol. The van der Waals surface area contributed by atoms with Gasteiger partial charge in [0, 0.05) is 25.1 Å². The number of anilines is 1. The van der Waals surface area contributed by atoms with E-state index >= 15 is 0 Å². The van der Waals surface area contributed by atoms with Gasteiger partial charge in [-0.05, 0) is 25.5 Å². The highest BCUT2D eigenvalue weighted by Crippen LogP contribution is 2.18. The zero-order valence-electron chi connectivity index (χ0n) is 10.3. The monoisotopic (exact) mass is 230 g/mol. The molecule has 0 aromatic carbocycles. The lowest BCUT2D eigenvalue weighted by atomic mass is 10.3. The van der Waals surface area contributed by atoms with E-state index in [9.17, 15) is 0 Å². The molecule has 0 amide bonds. The fraction of sp³-hybridized carbons (Fsp3) is 0.385. The highest BCUT2D eigenvalue weighted by atomic mass is 15.1. The minimum absolute atomic E-state index is 0.915. The summed E-state index contributed by atoms with van der Waals surface area (Å²) in [5, 5.41) is 3.42. The molecule has 90 valence electrons. The molecule has 0 spiro atoms. The first kappa shape index (κ1) is 11.6. The number of aryl methyl sites for hydroxylation is 1. The Morgan fingerprint density at radius 3 is 2.88 bits per heavy atom. The molecule has 1 N–H and O–H groups in total. The van der Waals surface area contributed by atoms with Crippen molar-refractivity contribution in [2.75, 3.05) is 11.9 Å². The first-order valence-electron chi connectivity index (χ1n) is 6.02. The van der Waals surface area contributed by atoms with Gasteiger partial charge in [0.25, 0.3) is 0 Å². The van der Waals surface area contributed by atoms with Crippen LogP contribution in [0.1, 0.15) is 25.6 Å². The van der Waals surface area contributed by atoms with E-state index in [1.165, 1.54) is 6.42 Å². The van der Waals surface area contributed by atoms with Crippen molar-refractivity contribution in [1.82, 2.24) is 14.5 Å². The average Bonchev–Trinajstić information content (AvgIpc) is 2.76. The smallest absolute Gasteiger partial charge is 0.161 e. The molecule has 2 aromatic rings. The van der Waals surface area contributed by atoms with Crippen LogP contribution in [0.5, 0.6) is 0 Å². The summed E-state index contributed by atoms with van der Waals surface area (Å²) in [7, 11) is 0. The van der Waals surface area contributed by atoms with E-state index in [1.807, 2.05) is 23.8 Å². The van der Waals surface area contributed by atoms with Gasteiger partial charge >= 0.3 is 0 Å². The van der Waals surface area contributed by atoms with Crippen molar-refractivity contribution < 1.29 is 0 Å². The van der Waals surface area contributed by atoms with E-state index in [2.05, 4.69) is 28.3 Å². The third-order valence-electron chi connectivity index (χ3n) is 2.69. The number of imidazole rings is 1. The van der Waals surface area contributed by atoms with Gasteiger partial charge < -0.3 is 5.32 Å². The van der Waals surface area contributed by atoms with Crippen LogP contribution >= 0.6 is 0 Å². The molecule has 4 nitrogen and oxygen atoms in total. The van der Waals surface area contributed by atoms with E-state index in [1.54, 1.807) is 12.4 Å². The van der Waals surface area contributed by atoms with Crippen molar-refractivity contribution in [3.8, 4) is 5.82 Å². The summed E-state index contributed by atoms with van der Waals surface area (Å²) in [6.45, 7) is 5.14. The lowest BCUT2D eigenvalue weighted by Crippen LogP contribution is -2.07. The molecule has 0 radical (unpaired) electrons. The predicted molar refractivity (Wildman–Crippen MR) is 69.5 cm³/mol. The van der Waals surface area contributed by atoms with E-state index in [-0.39, 0.29) is 0 Å². The largest absolute Gasteiger partial charge is 0.382 e. The van der Waals surface area contributed by atoms with Crippen molar-refractivity contribution in [1.29, 1.82) is 0 Å². The number of nitrogens with one attached hydrogen (secondary N) is 1. The molecule has 2 heterocycles. The summed E-state index contributed by atoms with van der Waals surface area (Å²) in [6.07, 6.45) is 7.88. The fourth-order valence-corrected chi connectivity index (χ4v) is 1.73. The van der Waals surface area contributed by atoms with Gasteiger partial charge in [0.2, 0.25) is 0 Å². The number of pyridine rings is 1. The maximum absolute atomic E-state index is 4.42. The van der Waals surface area contributed by atoms with Gasteiger partial charge in [-0.1, -0.05) is 13.3 Å². The Morgan fingerprint density at radius 1 is 1.29 bits per heavy atom. The third kappa shape index (κ3) is 2.64. The van der Waals surface area contributed by atoms with Gasteiger partial charge in [-0.2, -0.15) is 0 Å². The van der Waals surface area contributed by atoms with Gasteiger partial charge in [0.15, 0.2) is 5.82 Å². The Morgan fingerprint density at radius 2 is 2.18 bits per heavy atom. The van der Waals surface area contributed by atoms with Crippen LogP contribution in [-0.2, 0) is 0 Å². The average molecular weight is 230 g/mol. The molecule has 0 unspecified atom stereocenters. The molecule has 0 aliphatic carbocycles. The molecule has 0 bridgehead atoms. The second kappa shape index (κ2) is 5.48. The first-order valence-corrected chi connectivity index (χ1v) is 6.02.